The molecule has 0 atom stereocenters. The van der Waals surface area contributed by atoms with Gasteiger partial charge in [0.05, 0.1) is 28.8 Å². The first-order valence-corrected chi connectivity index (χ1v) is 5.41. The summed E-state index contributed by atoms with van der Waals surface area (Å²) >= 11 is 6.06. The Morgan fingerprint density at radius 1 is 1.50 bits per heavy atom. The molecule has 0 aromatic heterocycles. The Kier molecular flexibility index (Phi) is 4.33. The second-order valence-corrected chi connectivity index (χ2v) is 3.56. The van der Waals surface area contributed by atoms with E-state index in [0.29, 0.717) is 17.0 Å². The topological polar surface area (TPSA) is 50.1 Å². The first-order valence-electron chi connectivity index (χ1n) is 5.03. The van der Waals surface area contributed by atoms with Gasteiger partial charge >= 0.3 is 5.97 Å². The van der Waals surface area contributed by atoms with Gasteiger partial charge in [-0.25, -0.2) is 4.79 Å². The minimum Gasteiger partial charge on any atom is -0.462 e. The third kappa shape index (κ3) is 2.53. The summed E-state index contributed by atoms with van der Waals surface area (Å²) in [5.41, 5.74) is 1.47. The highest BCUT2D eigenvalue weighted by molar-refractivity contribution is 6.34. The second kappa shape index (κ2) is 5.53. The van der Waals surface area contributed by atoms with Crippen LogP contribution in [-0.2, 0) is 11.2 Å². The monoisotopic (exact) mass is 237 g/mol. The zero-order valence-electron chi connectivity index (χ0n) is 9.21. The molecule has 0 saturated carbocycles. The summed E-state index contributed by atoms with van der Waals surface area (Å²) in [6.45, 7) is 3.92. The van der Waals surface area contributed by atoms with Crippen LogP contribution < -0.4 is 0 Å². The fourth-order valence-electron chi connectivity index (χ4n) is 1.36. The average Bonchev–Trinajstić information content (AvgIpc) is 2.29. The van der Waals surface area contributed by atoms with Gasteiger partial charge in [0, 0.05) is 0 Å². The number of aryl methyl sites for hydroxylation is 1. The summed E-state index contributed by atoms with van der Waals surface area (Å²) < 4.78 is 4.87. The van der Waals surface area contributed by atoms with Crippen molar-refractivity contribution in [3.8, 4) is 6.07 Å². The highest BCUT2D eigenvalue weighted by atomic mass is 35.5. The van der Waals surface area contributed by atoms with Crippen LogP contribution >= 0.6 is 11.6 Å². The van der Waals surface area contributed by atoms with Crippen LogP contribution in [0.5, 0.6) is 0 Å². The van der Waals surface area contributed by atoms with Gasteiger partial charge in [-0.1, -0.05) is 18.5 Å². The number of ether oxygens (including phenoxy) is 1. The molecule has 0 aliphatic heterocycles. The number of nitrogens with zero attached hydrogens (tertiary/aromatic N) is 1. The SMILES string of the molecule is CCOC(=O)c1cc(C#N)cc(CC)c1Cl. The number of hydrogen-bond donors (Lipinski definition) is 0. The van der Waals surface area contributed by atoms with E-state index in [4.69, 9.17) is 21.6 Å². The minimum atomic E-state index is -0.487. The maximum atomic E-state index is 11.6. The van der Waals surface area contributed by atoms with Gasteiger partial charge in [0.2, 0.25) is 0 Å². The molecule has 0 amide bonds. The molecule has 0 saturated heterocycles. The lowest BCUT2D eigenvalue weighted by atomic mass is 10.0. The quantitative estimate of drug-likeness (QED) is 0.760. The Balaban J connectivity index is 3.27. The summed E-state index contributed by atoms with van der Waals surface area (Å²) in [5, 5.41) is 9.21. The van der Waals surface area contributed by atoms with E-state index in [0.717, 1.165) is 5.56 Å². The van der Waals surface area contributed by atoms with E-state index in [1.807, 2.05) is 13.0 Å². The highest BCUT2D eigenvalue weighted by Crippen LogP contribution is 2.24. The summed E-state index contributed by atoms with van der Waals surface area (Å²) in [4.78, 5) is 11.6. The van der Waals surface area contributed by atoms with Crippen molar-refractivity contribution in [1.29, 1.82) is 5.26 Å². The van der Waals surface area contributed by atoms with Crippen molar-refractivity contribution in [2.75, 3.05) is 6.61 Å². The van der Waals surface area contributed by atoms with E-state index >= 15 is 0 Å². The van der Waals surface area contributed by atoms with Crippen LogP contribution in [0.4, 0.5) is 0 Å². The molecule has 0 aliphatic carbocycles. The Hall–Kier alpha value is -1.53. The Bertz CT molecular complexity index is 449. The number of carbonyl (C=O) groups is 1. The van der Waals surface area contributed by atoms with E-state index in [9.17, 15) is 4.79 Å². The molecule has 1 aromatic rings. The normalized spacial score (nSPS) is 9.62. The molecule has 84 valence electrons. The van der Waals surface area contributed by atoms with Crippen molar-refractivity contribution in [1.82, 2.24) is 0 Å². The van der Waals surface area contributed by atoms with Gasteiger partial charge in [-0.2, -0.15) is 5.26 Å². The zero-order chi connectivity index (χ0) is 12.1. The summed E-state index contributed by atoms with van der Waals surface area (Å²) in [6.07, 6.45) is 0.667. The Morgan fingerprint density at radius 2 is 2.19 bits per heavy atom. The largest absolute Gasteiger partial charge is 0.462 e. The third-order valence-corrected chi connectivity index (χ3v) is 2.60. The van der Waals surface area contributed by atoms with Gasteiger partial charge in [-0.05, 0) is 31.0 Å². The Labute approximate surface area is 99.6 Å². The van der Waals surface area contributed by atoms with Gasteiger partial charge in [0.1, 0.15) is 0 Å². The molecule has 3 nitrogen and oxygen atoms in total. The predicted octanol–water partition coefficient (Wildman–Crippen LogP) is 2.95. The molecule has 0 N–H and O–H groups in total. The molecule has 0 unspecified atom stereocenters. The molecular weight excluding hydrogens is 226 g/mol. The lowest BCUT2D eigenvalue weighted by molar-refractivity contribution is 0.0526. The second-order valence-electron chi connectivity index (χ2n) is 3.18. The van der Waals surface area contributed by atoms with Crippen molar-refractivity contribution in [3.05, 3.63) is 33.8 Å². The molecule has 1 rings (SSSR count). The van der Waals surface area contributed by atoms with Crippen molar-refractivity contribution < 1.29 is 9.53 Å². The lowest BCUT2D eigenvalue weighted by Crippen LogP contribution is -2.07. The average molecular weight is 238 g/mol. The molecule has 0 fully saturated rings. The van der Waals surface area contributed by atoms with Gasteiger partial charge < -0.3 is 4.74 Å². The van der Waals surface area contributed by atoms with Crippen LogP contribution in [0.3, 0.4) is 0 Å². The third-order valence-electron chi connectivity index (χ3n) is 2.15. The van der Waals surface area contributed by atoms with Crippen molar-refractivity contribution in [2.45, 2.75) is 20.3 Å². The van der Waals surface area contributed by atoms with Crippen molar-refractivity contribution in [3.63, 3.8) is 0 Å². The molecule has 4 heteroatoms. The Morgan fingerprint density at radius 3 is 2.69 bits per heavy atom. The fourth-order valence-corrected chi connectivity index (χ4v) is 1.68. The first-order chi connectivity index (χ1) is 7.63. The maximum Gasteiger partial charge on any atom is 0.339 e. The molecule has 0 radical (unpaired) electrons. The predicted molar refractivity (Wildman–Crippen MR) is 61.5 cm³/mol. The number of halogens is 1. The number of nitriles is 1. The smallest absolute Gasteiger partial charge is 0.339 e. The van der Waals surface area contributed by atoms with Crippen molar-refractivity contribution in [2.24, 2.45) is 0 Å². The fraction of sp³-hybridized carbons (Fsp3) is 0.333. The summed E-state index contributed by atoms with van der Waals surface area (Å²) in [5.74, 6) is -0.487. The minimum absolute atomic E-state index is 0.263. The highest BCUT2D eigenvalue weighted by Gasteiger charge is 2.15. The van der Waals surface area contributed by atoms with Crippen LogP contribution in [0.25, 0.3) is 0 Å². The number of esters is 1. The number of rotatable bonds is 3. The number of hydrogen-bond acceptors (Lipinski definition) is 3. The van der Waals surface area contributed by atoms with Crippen LogP contribution in [0.2, 0.25) is 5.02 Å². The van der Waals surface area contributed by atoms with Gasteiger partial charge in [-0.15, -0.1) is 0 Å². The van der Waals surface area contributed by atoms with Crippen LogP contribution in [0.1, 0.15) is 35.3 Å². The van der Waals surface area contributed by atoms with E-state index < -0.39 is 5.97 Å². The molecule has 16 heavy (non-hydrogen) atoms. The van der Waals surface area contributed by atoms with E-state index in [1.54, 1.807) is 13.0 Å². The zero-order valence-corrected chi connectivity index (χ0v) is 9.97. The van der Waals surface area contributed by atoms with E-state index in [1.165, 1.54) is 6.07 Å². The standard InChI is InChI=1S/C12H12ClNO2/c1-3-9-5-8(7-14)6-10(11(9)13)12(15)16-4-2/h5-6H,3-4H2,1-2H3. The van der Waals surface area contributed by atoms with Crippen molar-refractivity contribution >= 4 is 17.6 Å². The van der Waals surface area contributed by atoms with Gasteiger partial charge in [0.25, 0.3) is 0 Å². The first kappa shape index (κ1) is 12.5. The summed E-state index contributed by atoms with van der Waals surface area (Å²) in [6, 6.07) is 5.14. The van der Waals surface area contributed by atoms with Crippen LogP contribution in [-0.4, -0.2) is 12.6 Å². The summed E-state index contributed by atoms with van der Waals surface area (Å²) in [7, 11) is 0. The number of carbonyl (C=O) groups excluding carboxylic acids is 1. The lowest BCUT2D eigenvalue weighted by Gasteiger charge is -2.08. The molecule has 0 bridgehead atoms. The van der Waals surface area contributed by atoms with E-state index in [-0.39, 0.29) is 12.2 Å². The molecule has 0 aliphatic rings. The van der Waals surface area contributed by atoms with E-state index in [2.05, 4.69) is 0 Å². The van der Waals surface area contributed by atoms with Gasteiger partial charge in [0.15, 0.2) is 0 Å². The maximum absolute atomic E-state index is 11.6. The van der Waals surface area contributed by atoms with Gasteiger partial charge in [-0.3, -0.25) is 0 Å². The molecule has 0 heterocycles. The molecule has 0 spiro atoms. The molecular formula is C12H12ClNO2. The number of benzene rings is 1. The van der Waals surface area contributed by atoms with Crippen LogP contribution in [0, 0.1) is 11.3 Å². The molecule has 1 aromatic carbocycles. The van der Waals surface area contributed by atoms with Crippen LogP contribution in [0.15, 0.2) is 12.1 Å².